The largest absolute Gasteiger partial charge is 0.310 e. The molecule has 0 radical (unpaired) electrons. The molecule has 0 aliphatic heterocycles. The first-order valence-electron chi connectivity index (χ1n) is 23.9. The van der Waals surface area contributed by atoms with Crippen LogP contribution in [0.25, 0.3) is 66.4 Å². The van der Waals surface area contributed by atoms with E-state index in [1.165, 1.54) is 60.8 Å². The Morgan fingerprint density at radius 3 is 1.52 bits per heavy atom. The van der Waals surface area contributed by atoms with Gasteiger partial charge in [-0.2, -0.15) is 0 Å². The molecule has 0 atom stereocenters. The second-order valence-electron chi connectivity index (χ2n) is 18.5. The summed E-state index contributed by atoms with van der Waals surface area (Å²) in [6.07, 6.45) is 0. The minimum absolute atomic E-state index is 0.216. The highest BCUT2D eigenvalue weighted by Crippen LogP contribution is 2.53. The van der Waals surface area contributed by atoms with Gasteiger partial charge in [0.2, 0.25) is 0 Å². The molecule has 0 bridgehead atoms. The van der Waals surface area contributed by atoms with Crippen molar-refractivity contribution in [1.29, 1.82) is 0 Å². The lowest BCUT2D eigenvalue weighted by Gasteiger charge is -2.32. The fraction of sp³-hybridized carbons (Fsp3) is 0.0448. The summed E-state index contributed by atoms with van der Waals surface area (Å²) in [5.74, 6) is 0. The highest BCUT2D eigenvalue weighted by Gasteiger charge is 2.36. The van der Waals surface area contributed by atoms with Gasteiger partial charge in [0.15, 0.2) is 0 Å². The van der Waals surface area contributed by atoms with E-state index >= 15 is 0 Å². The third-order valence-electron chi connectivity index (χ3n) is 14.0. The predicted octanol–water partition coefficient (Wildman–Crippen LogP) is 18.8. The van der Waals surface area contributed by atoms with Crippen molar-refractivity contribution in [2.24, 2.45) is 0 Å². The molecule has 69 heavy (non-hydrogen) atoms. The van der Waals surface area contributed by atoms with Gasteiger partial charge in [0, 0.05) is 39.4 Å². The van der Waals surface area contributed by atoms with Crippen LogP contribution >= 0.6 is 0 Å². The van der Waals surface area contributed by atoms with Crippen LogP contribution in [0.4, 0.5) is 34.1 Å². The average molecular weight is 883 g/mol. The van der Waals surface area contributed by atoms with Crippen molar-refractivity contribution in [3.63, 3.8) is 0 Å². The van der Waals surface area contributed by atoms with E-state index in [1.807, 2.05) is 0 Å². The van der Waals surface area contributed by atoms with E-state index in [0.29, 0.717) is 0 Å². The summed E-state index contributed by atoms with van der Waals surface area (Å²) in [6.45, 7) is 4.75. The molecular weight excluding hydrogens is 833 g/mol. The van der Waals surface area contributed by atoms with Crippen LogP contribution in [0.2, 0.25) is 0 Å². The number of benzene rings is 11. The second kappa shape index (κ2) is 17.5. The molecular formula is C67H50N2. The van der Waals surface area contributed by atoms with Gasteiger partial charge < -0.3 is 9.80 Å². The summed E-state index contributed by atoms with van der Waals surface area (Å²) >= 11 is 0. The van der Waals surface area contributed by atoms with Crippen LogP contribution in [0.1, 0.15) is 25.0 Å². The average Bonchev–Trinajstić information content (AvgIpc) is 3.64. The summed E-state index contributed by atoms with van der Waals surface area (Å²) in [7, 11) is 0. The standard InChI is InChI=1S/C67H50N2/c1-67(2)63-41-37-51(47-22-8-3-9-23-47)44-62(63)61-40-38-55(46-64(61)67)68(53-29-14-6-15-30-53)56-42-52(60-39-36-49-26-18-19-34-59(49)66(60)50-27-12-5-13-28-50)43-57(45-56)69(54-31-16-7-17-32-54)65-35-21-20-33-58(65)48-24-10-4-11-25-48/h3-46H,1-2H3. The predicted molar refractivity (Wildman–Crippen MR) is 293 cm³/mol. The Bertz CT molecular complexity index is 3620. The molecule has 0 unspecified atom stereocenters. The lowest BCUT2D eigenvalue weighted by Crippen LogP contribution is -2.17. The minimum atomic E-state index is -0.216. The molecule has 2 nitrogen and oxygen atoms in total. The number of fused-ring (bicyclic) bond motifs is 4. The van der Waals surface area contributed by atoms with Crippen molar-refractivity contribution in [1.82, 2.24) is 0 Å². The van der Waals surface area contributed by atoms with Gasteiger partial charge in [-0.05, 0) is 139 Å². The van der Waals surface area contributed by atoms with Crippen LogP contribution in [0.15, 0.2) is 267 Å². The number of anilines is 6. The van der Waals surface area contributed by atoms with Crippen molar-refractivity contribution >= 4 is 44.9 Å². The maximum atomic E-state index is 2.46. The zero-order chi connectivity index (χ0) is 46.3. The van der Waals surface area contributed by atoms with Crippen molar-refractivity contribution in [2.75, 3.05) is 9.80 Å². The molecule has 0 aromatic heterocycles. The van der Waals surface area contributed by atoms with Gasteiger partial charge in [0.1, 0.15) is 0 Å². The van der Waals surface area contributed by atoms with Gasteiger partial charge in [0.25, 0.3) is 0 Å². The summed E-state index contributed by atoms with van der Waals surface area (Å²) < 4.78 is 0. The van der Waals surface area contributed by atoms with Crippen molar-refractivity contribution < 1.29 is 0 Å². The number of nitrogens with zero attached hydrogens (tertiary/aromatic N) is 2. The highest BCUT2D eigenvalue weighted by molar-refractivity contribution is 6.05. The van der Waals surface area contributed by atoms with Gasteiger partial charge in [0.05, 0.1) is 5.69 Å². The number of para-hydroxylation sites is 3. The van der Waals surface area contributed by atoms with Crippen LogP contribution in [0.3, 0.4) is 0 Å². The van der Waals surface area contributed by atoms with Crippen LogP contribution in [0.5, 0.6) is 0 Å². The zero-order valence-corrected chi connectivity index (χ0v) is 38.8. The SMILES string of the molecule is CC1(C)c2ccc(-c3ccccc3)cc2-c2ccc(N(c3ccccc3)c3cc(-c4ccc5ccccc5c4-c4ccccc4)cc(N(c4ccccc4)c4ccccc4-c4ccccc4)c3)cc21. The summed E-state index contributed by atoms with van der Waals surface area (Å²) in [6, 6.07) is 97.5. The van der Waals surface area contributed by atoms with E-state index < -0.39 is 0 Å². The first-order chi connectivity index (χ1) is 34.0. The van der Waals surface area contributed by atoms with Crippen LogP contribution in [-0.4, -0.2) is 0 Å². The molecule has 11 aromatic rings. The quantitative estimate of drug-likeness (QED) is 0.135. The number of rotatable bonds is 10. The van der Waals surface area contributed by atoms with Crippen molar-refractivity contribution in [2.45, 2.75) is 19.3 Å². The minimum Gasteiger partial charge on any atom is -0.310 e. The molecule has 12 rings (SSSR count). The van der Waals surface area contributed by atoms with Gasteiger partial charge in [-0.3, -0.25) is 0 Å². The fourth-order valence-electron chi connectivity index (χ4n) is 10.7. The smallest absolute Gasteiger partial charge is 0.0540 e. The first-order valence-corrected chi connectivity index (χ1v) is 23.9. The molecule has 0 amide bonds. The number of hydrogen-bond acceptors (Lipinski definition) is 2. The second-order valence-corrected chi connectivity index (χ2v) is 18.5. The molecule has 0 saturated heterocycles. The fourth-order valence-corrected chi connectivity index (χ4v) is 10.7. The Kier molecular flexibility index (Phi) is 10.6. The molecule has 11 aromatic carbocycles. The van der Waals surface area contributed by atoms with E-state index in [0.717, 1.165) is 50.8 Å². The Morgan fingerprint density at radius 2 is 0.826 bits per heavy atom. The Morgan fingerprint density at radius 1 is 0.275 bits per heavy atom. The normalized spacial score (nSPS) is 12.3. The molecule has 0 heterocycles. The van der Waals surface area contributed by atoms with Crippen LogP contribution < -0.4 is 9.80 Å². The molecule has 0 fully saturated rings. The van der Waals surface area contributed by atoms with Crippen molar-refractivity contribution in [3.8, 4) is 55.6 Å². The van der Waals surface area contributed by atoms with Gasteiger partial charge in [-0.15, -0.1) is 0 Å². The van der Waals surface area contributed by atoms with Gasteiger partial charge in [-0.25, -0.2) is 0 Å². The first kappa shape index (κ1) is 41.7. The Hall–Kier alpha value is -8.72. The van der Waals surface area contributed by atoms with E-state index in [-0.39, 0.29) is 5.41 Å². The summed E-state index contributed by atoms with van der Waals surface area (Å²) in [4.78, 5) is 4.89. The molecule has 328 valence electrons. The maximum absolute atomic E-state index is 2.46. The van der Waals surface area contributed by atoms with E-state index in [4.69, 9.17) is 0 Å². The molecule has 0 spiro atoms. The zero-order valence-electron chi connectivity index (χ0n) is 38.8. The third-order valence-corrected chi connectivity index (χ3v) is 14.0. The third kappa shape index (κ3) is 7.57. The molecule has 0 N–H and O–H groups in total. The van der Waals surface area contributed by atoms with E-state index in [2.05, 4.69) is 291 Å². The highest BCUT2D eigenvalue weighted by atomic mass is 15.2. The molecule has 1 aliphatic rings. The summed E-state index contributed by atoms with van der Waals surface area (Å²) in [5, 5.41) is 2.43. The molecule has 1 aliphatic carbocycles. The Labute approximate surface area is 405 Å². The van der Waals surface area contributed by atoms with E-state index in [1.54, 1.807) is 0 Å². The number of hydrogen-bond donors (Lipinski definition) is 0. The lowest BCUT2D eigenvalue weighted by molar-refractivity contribution is 0.660. The molecule has 0 saturated carbocycles. The summed E-state index contributed by atoms with van der Waals surface area (Å²) in [5.41, 5.74) is 21.0. The van der Waals surface area contributed by atoms with Crippen molar-refractivity contribution in [3.05, 3.63) is 278 Å². The van der Waals surface area contributed by atoms with E-state index in [9.17, 15) is 0 Å². The topological polar surface area (TPSA) is 6.48 Å². The molecule has 2 heteroatoms. The monoisotopic (exact) mass is 882 g/mol. The van der Waals surface area contributed by atoms with Gasteiger partial charge >= 0.3 is 0 Å². The lowest BCUT2D eigenvalue weighted by atomic mass is 9.82. The van der Waals surface area contributed by atoms with Crippen LogP contribution in [-0.2, 0) is 5.41 Å². The van der Waals surface area contributed by atoms with Gasteiger partial charge in [-0.1, -0.05) is 214 Å². The Balaban J connectivity index is 1.12. The van der Waals surface area contributed by atoms with Crippen LogP contribution in [0, 0.1) is 0 Å². The maximum Gasteiger partial charge on any atom is 0.0540 e.